The van der Waals surface area contributed by atoms with Crippen LogP contribution in [0, 0.1) is 17.8 Å². The monoisotopic (exact) mass is 282 g/mol. The average molecular weight is 282 g/mol. The molecule has 0 aromatic heterocycles. The summed E-state index contributed by atoms with van der Waals surface area (Å²) in [7, 11) is 0. The van der Waals surface area contributed by atoms with Gasteiger partial charge < -0.3 is 4.74 Å². The van der Waals surface area contributed by atoms with Gasteiger partial charge in [-0.25, -0.2) is 4.79 Å². The molecule has 0 amide bonds. The molecule has 0 saturated heterocycles. The van der Waals surface area contributed by atoms with Crippen molar-refractivity contribution in [2.45, 2.75) is 26.2 Å². The molecule has 3 aliphatic rings. The van der Waals surface area contributed by atoms with Gasteiger partial charge in [0.05, 0.1) is 6.61 Å². The summed E-state index contributed by atoms with van der Waals surface area (Å²) in [5, 5.41) is 0. The van der Waals surface area contributed by atoms with Crippen LogP contribution in [0.15, 0.2) is 59.8 Å². The van der Waals surface area contributed by atoms with Gasteiger partial charge in [-0.1, -0.05) is 42.0 Å². The molecular weight excluding hydrogens is 260 g/mol. The van der Waals surface area contributed by atoms with Gasteiger partial charge in [0.25, 0.3) is 0 Å². The molecule has 0 spiro atoms. The SMILES string of the molecule is CC1=CC=C(/C=C/C(=O)OCC2CC3C=CC2C3)C=CC1. The van der Waals surface area contributed by atoms with Crippen LogP contribution in [0.1, 0.15) is 26.2 Å². The number of carbonyl (C=O) groups excluding carboxylic acids is 1. The van der Waals surface area contributed by atoms with Gasteiger partial charge in [-0.3, -0.25) is 0 Å². The van der Waals surface area contributed by atoms with Gasteiger partial charge in [0, 0.05) is 6.08 Å². The summed E-state index contributed by atoms with van der Waals surface area (Å²) in [5.74, 6) is 1.65. The molecule has 21 heavy (non-hydrogen) atoms. The third-order valence-electron chi connectivity index (χ3n) is 4.58. The van der Waals surface area contributed by atoms with Crippen LogP contribution in [-0.4, -0.2) is 12.6 Å². The molecule has 0 aromatic rings. The first-order valence-electron chi connectivity index (χ1n) is 7.78. The van der Waals surface area contributed by atoms with Crippen molar-refractivity contribution in [3.05, 3.63) is 59.8 Å². The minimum Gasteiger partial charge on any atom is -0.462 e. The average Bonchev–Trinajstić information content (AvgIpc) is 3.04. The fourth-order valence-electron chi connectivity index (χ4n) is 3.34. The standard InChI is InChI=1S/C19H22O2/c1-14-3-2-4-15(6-5-14)8-10-19(20)21-13-18-12-16-7-9-17(18)11-16/h2,4-10,16-18H,3,11-13H2,1H3/b10-8+. The van der Waals surface area contributed by atoms with Crippen LogP contribution in [0.3, 0.4) is 0 Å². The number of hydrogen-bond acceptors (Lipinski definition) is 2. The van der Waals surface area contributed by atoms with Gasteiger partial charge in [-0.15, -0.1) is 0 Å². The van der Waals surface area contributed by atoms with Crippen LogP contribution < -0.4 is 0 Å². The lowest BCUT2D eigenvalue weighted by Gasteiger charge is -2.17. The molecule has 3 aliphatic carbocycles. The van der Waals surface area contributed by atoms with Crippen molar-refractivity contribution in [3.63, 3.8) is 0 Å². The fraction of sp³-hybridized carbons (Fsp3) is 0.421. The van der Waals surface area contributed by atoms with E-state index in [1.807, 2.05) is 18.2 Å². The van der Waals surface area contributed by atoms with E-state index in [4.69, 9.17) is 4.74 Å². The van der Waals surface area contributed by atoms with Crippen LogP contribution in [0.25, 0.3) is 0 Å². The highest BCUT2D eigenvalue weighted by molar-refractivity contribution is 5.82. The van der Waals surface area contributed by atoms with Crippen molar-refractivity contribution in [1.82, 2.24) is 0 Å². The molecule has 3 atom stereocenters. The second-order valence-corrected chi connectivity index (χ2v) is 6.29. The maximum atomic E-state index is 11.8. The third kappa shape index (κ3) is 3.63. The van der Waals surface area contributed by atoms with Gasteiger partial charge in [0.1, 0.15) is 0 Å². The lowest BCUT2D eigenvalue weighted by molar-refractivity contribution is -0.139. The summed E-state index contributed by atoms with van der Waals surface area (Å²) in [4.78, 5) is 11.8. The Balaban J connectivity index is 1.48. The van der Waals surface area contributed by atoms with Crippen molar-refractivity contribution >= 4 is 5.97 Å². The lowest BCUT2D eigenvalue weighted by Crippen LogP contribution is -2.16. The minimum absolute atomic E-state index is 0.235. The van der Waals surface area contributed by atoms with Gasteiger partial charge in [0.15, 0.2) is 0 Å². The van der Waals surface area contributed by atoms with Gasteiger partial charge in [-0.2, -0.15) is 0 Å². The molecule has 0 aromatic carbocycles. The second kappa shape index (κ2) is 6.30. The third-order valence-corrected chi connectivity index (χ3v) is 4.58. The maximum absolute atomic E-state index is 11.8. The molecule has 1 fully saturated rings. The highest BCUT2D eigenvalue weighted by Crippen LogP contribution is 2.43. The van der Waals surface area contributed by atoms with Crippen LogP contribution in [0.2, 0.25) is 0 Å². The molecular formula is C19H22O2. The Morgan fingerprint density at radius 3 is 3.00 bits per heavy atom. The highest BCUT2D eigenvalue weighted by Gasteiger charge is 2.35. The molecule has 2 bridgehead atoms. The van der Waals surface area contributed by atoms with Crippen LogP contribution >= 0.6 is 0 Å². The summed E-state index contributed by atoms with van der Waals surface area (Å²) in [6, 6.07) is 0. The predicted octanol–water partition coefficient (Wildman–Crippen LogP) is 4.13. The topological polar surface area (TPSA) is 26.3 Å². The molecule has 0 aliphatic heterocycles. The minimum atomic E-state index is -0.235. The number of carbonyl (C=O) groups is 1. The van der Waals surface area contributed by atoms with E-state index in [2.05, 4.69) is 31.2 Å². The molecule has 2 heteroatoms. The lowest BCUT2D eigenvalue weighted by atomic mass is 9.95. The number of ether oxygens (including phenoxy) is 1. The smallest absolute Gasteiger partial charge is 0.330 e. The molecule has 0 heterocycles. The van der Waals surface area contributed by atoms with E-state index in [1.165, 1.54) is 24.5 Å². The second-order valence-electron chi connectivity index (χ2n) is 6.29. The van der Waals surface area contributed by atoms with E-state index in [0.29, 0.717) is 18.4 Å². The van der Waals surface area contributed by atoms with Gasteiger partial charge >= 0.3 is 5.97 Å². The van der Waals surface area contributed by atoms with E-state index in [9.17, 15) is 4.79 Å². The summed E-state index contributed by atoms with van der Waals surface area (Å²) < 4.78 is 5.40. The fourth-order valence-corrected chi connectivity index (χ4v) is 3.34. The predicted molar refractivity (Wildman–Crippen MR) is 84.5 cm³/mol. The zero-order chi connectivity index (χ0) is 14.7. The zero-order valence-corrected chi connectivity index (χ0v) is 12.5. The number of allylic oxidation sites excluding steroid dienone is 9. The molecule has 3 unspecified atom stereocenters. The molecule has 1 saturated carbocycles. The molecule has 2 nitrogen and oxygen atoms in total. The van der Waals surface area contributed by atoms with Crippen molar-refractivity contribution in [2.75, 3.05) is 6.61 Å². The van der Waals surface area contributed by atoms with Gasteiger partial charge in [0.2, 0.25) is 0 Å². The molecule has 3 rings (SSSR count). The summed E-state index contributed by atoms with van der Waals surface area (Å²) in [5.41, 5.74) is 2.35. The van der Waals surface area contributed by atoms with E-state index >= 15 is 0 Å². The van der Waals surface area contributed by atoms with E-state index in [0.717, 1.165) is 17.9 Å². The Labute approximate surface area is 126 Å². The van der Waals surface area contributed by atoms with Crippen LogP contribution in [-0.2, 0) is 9.53 Å². The van der Waals surface area contributed by atoms with Crippen molar-refractivity contribution in [1.29, 1.82) is 0 Å². The van der Waals surface area contributed by atoms with E-state index < -0.39 is 0 Å². The zero-order valence-electron chi connectivity index (χ0n) is 12.5. The molecule has 110 valence electrons. The van der Waals surface area contributed by atoms with Crippen molar-refractivity contribution in [3.8, 4) is 0 Å². The number of fused-ring (bicyclic) bond motifs is 2. The molecule has 0 N–H and O–H groups in total. The van der Waals surface area contributed by atoms with E-state index in [1.54, 1.807) is 0 Å². The van der Waals surface area contributed by atoms with Gasteiger partial charge in [-0.05, 0) is 55.6 Å². The first kappa shape index (κ1) is 14.1. The number of hydrogen-bond donors (Lipinski definition) is 0. The summed E-state index contributed by atoms with van der Waals surface area (Å²) in [6.45, 7) is 2.66. The van der Waals surface area contributed by atoms with Crippen molar-refractivity contribution in [2.24, 2.45) is 17.8 Å². The quantitative estimate of drug-likeness (QED) is 0.440. The van der Waals surface area contributed by atoms with Crippen molar-refractivity contribution < 1.29 is 9.53 Å². The molecule has 0 radical (unpaired) electrons. The number of esters is 1. The van der Waals surface area contributed by atoms with Crippen LogP contribution in [0.5, 0.6) is 0 Å². The Morgan fingerprint density at radius 2 is 2.24 bits per heavy atom. The normalized spacial score (nSPS) is 30.4. The highest BCUT2D eigenvalue weighted by atomic mass is 16.5. The van der Waals surface area contributed by atoms with Crippen LogP contribution in [0.4, 0.5) is 0 Å². The first-order valence-corrected chi connectivity index (χ1v) is 7.78. The first-order chi connectivity index (χ1) is 10.2. The number of rotatable bonds is 4. The Hall–Kier alpha value is -1.83. The maximum Gasteiger partial charge on any atom is 0.330 e. The Morgan fingerprint density at radius 1 is 1.33 bits per heavy atom. The Bertz CT molecular complexity index is 560. The summed E-state index contributed by atoms with van der Waals surface area (Å²) in [6.07, 6.45) is 19.6. The summed E-state index contributed by atoms with van der Waals surface area (Å²) >= 11 is 0. The van der Waals surface area contributed by atoms with E-state index in [-0.39, 0.29) is 5.97 Å². The Kier molecular flexibility index (Phi) is 4.23. The largest absolute Gasteiger partial charge is 0.462 e.